The Bertz CT molecular complexity index is 194. The molecule has 94 valence electrons. The summed E-state index contributed by atoms with van der Waals surface area (Å²) >= 11 is 0. The molecule has 0 spiro atoms. The van der Waals surface area contributed by atoms with Gasteiger partial charge in [-0.25, -0.2) is 5.48 Å². The summed E-state index contributed by atoms with van der Waals surface area (Å²) in [4.78, 5) is 17.3. The molecule has 1 aliphatic carbocycles. The Balaban J connectivity index is 2.24. The zero-order valence-electron chi connectivity index (χ0n) is 10.6. The first-order valence-electron chi connectivity index (χ1n) is 6.73. The quantitative estimate of drug-likeness (QED) is 0.678. The number of hydrogen-bond donors (Lipinski definition) is 1. The molecular weight excluding hydrogens is 202 g/mol. The monoisotopic (exact) mass is 227 g/mol. The summed E-state index contributed by atoms with van der Waals surface area (Å²) < 4.78 is 0. The van der Waals surface area contributed by atoms with Gasteiger partial charge >= 0.3 is 0 Å². The van der Waals surface area contributed by atoms with E-state index in [0.717, 1.165) is 38.5 Å². The summed E-state index contributed by atoms with van der Waals surface area (Å²) in [5.74, 6) is 0.215. The van der Waals surface area contributed by atoms with Gasteiger partial charge in [0.15, 0.2) is 0 Å². The first-order valence-corrected chi connectivity index (χ1v) is 6.73. The van der Waals surface area contributed by atoms with E-state index >= 15 is 0 Å². The zero-order valence-corrected chi connectivity index (χ0v) is 10.6. The summed E-state index contributed by atoms with van der Waals surface area (Å²) in [5, 5.41) is 0. The first kappa shape index (κ1) is 13.5. The number of rotatable bonds is 7. The molecule has 1 saturated carbocycles. The van der Waals surface area contributed by atoms with Gasteiger partial charge in [0.2, 0.25) is 5.91 Å². The lowest BCUT2D eigenvalue weighted by atomic mass is 9.98. The second-order valence-corrected chi connectivity index (χ2v) is 4.76. The molecule has 1 amide bonds. The highest BCUT2D eigenvalue weighted by Gasteiger charge is 2.20. The van der Waals surface area contributed by atoms with Crippen LogP contribution in [-0.4, -0.2) is 12.0 Å². The van der Waals surface area contributed by atoms with Crippen LogP contribution in [0.5, 0.6) is 0 Å². The molecule has 3 heteroatoms. The molecule has 0 unspecified atom stereocenters. The van der Waals surface area contributed by atoms with Crippen molar-refractivity contribution in [3.8, 4) is 0 Å². The van der Waals surface area contributed by atoms with Gasteiger partial charge in [0.25, 0.3) is 0 Å². The van der Waals surface area contributed by atoms with Crippen LogP contribution in [0.25, 0.3) is 0 Å². The van der Waals surface area contributed by atoms with Crippen molar-refractivity contribution in [2.45, 2.75) is 71.3 Å². The van der Waals surface area contributed by atoms with E-state index < -0.39 is 0 Å². The van der Waals surface area contributed by atoms with Gasteiger partial charge in [0.05, 0.1) is 6.10 Å². The number of hydrogen-bond acceptors (Lipinski definition) is 2. The third-order valence-corrected chi connectivity index (χ3v) is 3.27. The highest BCUT2D eigenvalue weighted by atomic mass is 16.7. The van der Waals surface area contributed by atoms with Crippen molar-refractivity contribution in [1.29, 1.82) is 0 Å². The van der Waals surface area contributed by atoms with Crippen LogP contribution in [0.1, 0.15) is 65.2 Å². The SMILES string of the molecule is CCCC(CCC)C(=O)NOC1CCCC1. The lowest BCUT2D eigenvalue weighted by Gasteiger charge is -2.17. The van der Waals surface area contributed by atoms with Crippen LogP contribution < -0.4 is 5.48 Å². The molecule has 16 heavy (non-hydrogen) atoms. The van der Waals surface area contributed by atoms with Gasteiger partial charge in [-0.1, -0.05) is 39.5 Å². The number of amides is 1. The summed E-state index contributed by atoms with van der Waals surface area (Å²) in [5.41, 5.74) is 2.66. The molecule has 0 saturated heterocycles. The van der Waals surface area contributed by atoms with E-state index in [0.29, 0.717) is 0 Å². The van der Waals surface area contributed by atoms with Gasteiger partial charge in [-0.05, 0) is 25.7 Å². The molecule has 0 aromatic rings. The number of carbonyl (C=O) groups excluding carboxylic acids is 1. The van der Waals surface area contributed by atoms with Crippen LogP contribution in [-0.2, 0) is 9.63 Å². The molecule has 0 radical (unpaired) electrons. The van der Waals surface area contributed by atoms with Gasteiger partial charge in [-0.2, -0.15) is 0 Å². The molecule has 0 atom stereocenters. The van der Waals surface area contributed by atoms with Crippen LogP contribution in [0, 0.1) is 5.92 Å². The molecule has 0 heterocycles. The van der Waals surface area contributed by atoms with Crippen LogP contribution in [0.3, 0.4) is 0 Å². The maximum Gasteiger partial charge on any atom is 0.246 e. The van der Waals surface area contributed by atoms with Crippen LogP contribution >= 0.6 is 0 Å². The average molecular weight is 227 g/mol. The molecule has 1 N–H and O–H groups in total. The molecule has 1 fully saturated rings. The van der Waals surface area contributed by atoms with E-state index in [9.17, 15) is 4.79 Å². The van der Waals surface area contributed by atoms with Gasteiger partial charge in [-0.3, -0.25) is 9.63 Å². The molecule has 1 rings (SSSR count). The number of nitrogens with one attached hydrogen (secondary N) is 1. The molecule has 3 nitrogen and oxygen atoms in total. The fourth-order valence-corrected chi connectivity index (χ4v) is 2.33. The summed E-state index contributed by atoms with van der Waals surface area (Å²) in [7, 11) is 0. The highest BCUT2D eigenvalue weighted by molar-refractivity contribution is 5.77. The first-order chi connectivity index (χ1) is 7.77. The van der Waals surface area contributed by atoms with Crippen molar-refractivity contribution in [2.75, 3.05) is 0 Å². The van der Waals surface area contributed by atoms with Gasteiger partial charge in [0.1, 0.15) is 0 Å². The number of hydroxylamine groups is 1. The molecule has 1 aliphatic rings. The van der Waals surface area contributed by atoms with Crippen LogP contribution in [0.15, 0.2) is 0 Å². The minimum atomic E-state index is 0.0793. The van der Waals surface area contributed by atoms with Crippen molar-refractivity contribution >= 4 is 5.91 Å². The Morgan fingerprint density at radius 1 is 1.25 bits per heavy atom. The fraction of sp³-hybridized carbons (Fsp3) is 0.923. The molecule has 0 bridgehead atoms. The molecule has 0 aliphatic heterocycles. The Kier molecular flexibility index (Phi) is 6.46. The maximum absolute atomic E-state index is 11.8. The molecule has 0 aromatic carbocycles. The van der Waals surface area contributed by atoms with Crippen LogP contribution in [0.4, 0.5) is 0 Å². The predicted octanol–water partition coefficient (Wildman–Crippen LogP) is 3.19. The normalized spacial score (nSPS) is 16.9. The minimum Gasteiger partial charge on any atom is -0.273 e. The van der Waals surface area contributed by atoms with Crippen LogP contribution in [0.2, 0.25) is 0 Å². The fourth-order valence-electron chi connectivity index (χ4n) is 2.33. The van der Waals surface area contributed by atoms with E-state index in [4.69, 9.17) is 4.84 Å². The Morgan fingerprint density at radius 2 is 1.81 bits per heavy atom. The maximum atomic E-state index is 11.8. The topological polar surface area (TPSA) is 38.3 Å². The van der Waals surface area contributed by atoms with Gasteiger partial charge in [-0.15, -0.1) is 0 Å². The van der Waals surface area contributed by atoms with Crippen molar-refractivity contribution in [2.24, 2.45) is 5.92 Å². The molecule has 0 aromatic heterocycles. The Morgan fingerprint density at radius 3 is 2.31 bits per heavy atom. The average Bonchev–Trinajstić information content (AvgIpc) is 2.78. The van der Waals surface area contributed by atoms with E-state index in [-0.39, 0.29) is 17.9 Å². The second kappa shape index (κ2) is 7.66. The number of carbonyl (C=O) groups is 1. The Labute approximate surface area is 98.9 Å². The van der Waals surface area contributed by atoms with Crippen molar-refractivity contribution < 1.29 is 9.63 Å². The second-order valence-electron chi connectivity index (χ2n) is 4.76. The smallest absolute Gasteiger partial charge is 0.246 e. The van der Waals surface area contributed by atoms with E-state index in [1.54, 1.807) is 0 Å². The van der Waals surface area contributed by atoms with E-state index in [1.807, 2.05) is 0 Å². The van der Waals surface area contributed by atoms with Crippen molar-refractivity contribution in [1.82, 2.24) is 5.48 Å². The Hall–Kier alpha value is -0.570. The standard InChI is InChI=1S/C13H25NO2/c1-3-7-11(8-4-2)13(15)14-16-12-9-5-6-10-12/h11-12H,3-10H2,1-2H3,(H,14,15). The predicted molar refractivity (Wildman–Crippen MR) is 64.8 cm³/mol. The largest absolute Gasteiger partial charge is 0.273 e. The zero-order chi connectivity index (χ0) is 11.8. The minimum absolute atomic E-state index is 0.0793. The summed E-state index contributed by atoms with van der Waals surface area (Å²) in [6, 6.07) is 0. The third kappa shape index (κ3) is 4.52. The lowest BCUT2D eigenvalue weighted by Crippen LogP contribution is -2.33. The third-order valence-electron chi connectivity index (χ3n) is 3.27. The van der Waals surface area contributed by atoms with E-state index in [1.165, 1.54) is 12.8 Å². The highest BCUT2D eigenvalue weighted by Crippen LogP contribution is 2.20. The molecular formula is C13H25NO2. The van der Waals surface area contributed by atoms with Crippen molar-refractivity contribution in [3.05, 3.63) is 0 Å². The van der Waals surface area contributed by atoms with Gasteiger partial charge < -0.3 is 0 Å². The summed E-state index contributed by atoms with van der Waals surface area (Å²) in [6.07, 6.45) is 8.94. The lowest BCUT2D eigenvalue weighted by molar-refractivity contribution is -0.142. The van der Waals surface area contributed by atoms with Gasteiger partial charge in [0, 0.05) is 5.92 Å². The summed E-state index contributed by atoms with van der Waals surface area (Å²) in [6.45, 7) is 4.24. The van der Waals surface area contributed by atoms with Crippen molar-refractivity contribution in [3.63, 3.8) is 0 Å². The van der Waals surface area contributed by atoms with E-state index in [2.05, 4.69) is 19.3 Å².